The summed E-state index contributed by atoms with van der Waals surface area (Å²) in [7, 11) is 0. The van der Waals surface area contributed by atoms with Crippen molar-refractivity contribution in [2.24, 2.45) is 0 Å². The molecule has 0 spiro atoms. The van der Waals surface area contributed by atoms with Gasteiger partial charge in [-0.25, -0.2) is 0 Å². The molecule has 17 heavy (non-hydrogen) atoms. The molecule has 0 radical (unpaired) electrons. The van der Waals surface area contributed by atoms with Crippen LogP contribution in [-0.4, -0.2) is 15.8 Å². The van der Waals surface area contributed by atoms with Gasteiger partial charge in [-0.3, -0.25) is 0 Å². The van der Waals surface area contributed by atoms with Gasteiger partial charge in [-0.05, 0) is 50.2 Å². The Morgan fingerprint density at radius 1 is 0.941 bits per heavy atom. The van der Waals surface area contributed by atoms with Crippen LogP contribution in [-0.2, 0) is 9.59 Å². The van der Waals surface area contributed by atoms with Gasteiger partial charge < -0.3 is 9.67 Å². The number of phenolic OH excluding ortho intramolecular Hbond substituents is 1. The van der Waals surface area contributed by atoms with Gasteiger partial charge in [0.1, 0.15) is 5.75 Å². The van der Waals surface area contributed by atoms with E-state index in [0.717, 1.165) is 5.69 Å². The van der Waals surface area contributed by atoms with Crippen molar-refractivity contribution in [2.75, 3.05) is 0 Å². The summed E-state index contributed by atoms with van der Waals surface area (Å²) in [5, 5.41) is 9.18. The SMILES string of the molecule is Cc1ccc(C)n1-c1ccc(O)cc1.O=C=O. The molecular formula is C13H13NO3. The molecule has 0 bridgehead atoms. The van der Waals surface area contributed by atoms with Gasteiger partial charge in [0.15, 0.2) is 0 Å². The van der Waals surface area contributed by atoms with Crippen molar-refractivity contribution in [3.8, 4) is 11.4 Å². The van der Waals surface area contributed by atoms with Gasteiger partial charge in [0.25, 0.3) is 0 Å². The summed E-state index contributed by atoms with van der Waals surface area (Å²) < 4.78 is 2.15. The highest BCUT2D eigenvalue weighted by Gasteiger charge is 2.02. The molecule has 4 heteroatoms. The minimum Gasteiger partial charge on any atom is -0.508 e. The summed E-state index contributed by atoms with van der Waals surface area (Å²) in [6.07, 6.45) is 0.250. The van der Waals surface area contributed by atoms with Gasteiger partial charge in [0.05, 0.1) is 0 Å². The third-order valence-electron chi connectivity index (χ3n) is 2.38. The Kier molecular flexibility index (Phi) is 4.26. The molecule has 0 fully saturated rings. The Bertz CT molecular complexity index is 501. The predicted octanol–water partition coefficient (Wildman–Crippen LogP) is 2.22. The van der Waals surface area contributed by atoms with Gasteiger partial charge >= 0.3 is 6.15 Å². The first-order valence-corrected chi connectivity index (χ1v) is 5.03. The van der Waals surface area contributed by atoms with Crippen molar-refractivity contribution >= 4 is 6.15 Å². The number of phenols is 1. The Morgan fingerprint density at radius 2 is 1.35 bits per heavy atom. The van der Waals surface area contributed by atoms with Gasteiger partial charge in [-0.1, -0.05) is 0 Å². The van der Waals surface area contributed by atoms with Gasteiger partial charge in [-0.15, -0.1) is 0 Å². The molecule has 0 aliphatic carbocycles. The third-order valence-corrected chi connectivity index (χ3v) is 2.38. The van der Waals surface area contributed by atoms with Crippen LogP contribution >= 0.6 is 0 Å². The number of carbonyl (C=O) groups excluding carboxylic acids is 2. The lowest BCUT2D eigenvalue weighted by molar-refractivity contribution is -0.191. The smallest absolute Gasteiger partial charge is 0.373 e. The Labute approximate surface area is 99.1 Å². The molecule has 0 unspecified atom stereocenters. The van der Waals surface area contributed by atoms with Crippen LogP contribution in [0, 0.1) is 13.8 Å². The Balaban J connectivity index is 0.000000437. The lowest BCUT2D eigenvalue weighted by Crippen LogP contribution is -1.97. The minimum atomic E-state index is 0.250. The van der Waals surface area contributed by atoms with E-state index >= 15 is 0 Å². The van der Waals surface area contributed by atoms with E-state index in [9.17, 15) is 5.11 Å². The third kappa shape index (κ3) is 3.06. The lowest BCUT2D eigenvalue weighted by Gasteiger charge is -2.08. The van der Waals surface area contributed by atoms with E-state index in [1.807, 2.05) is 12.1 Å². The molecule has 0 aliphatic heterocycles. The first-order chi connectivity index (χ1) is 8.10. The molecule has 88 valence electrons. The average Bonchev–Trinajstić information content (AvgIpc) is 2.62. The first-order valence-electron chi connectivity index (χ1n) is 5.03. The summed E-state index contributed by atoms with van der Waals surface area (Å²) in [5.41, 5.74) is 3.49. The van der Waals surface area contributed by atoms with Crippen LogP contribution in [0.2, 0.25) is 0 Å². The summed E-state index contributed by atoms with van der Waals surface area (Å²) >= 11 is 0. The van der Waals surface area contributed by atoms with Crippen molar-refractivity contribution in [2.45, 2.75) is 13.8 Å². The molecule has 2 rings (SSSR count). The minimum absolute atomic E-state index is 0.250. The fourth-order valence-corrected chi connectivity index (χ4v) is 1.68. The highest BCUT2D eigenvalue weighted by Crippen LogP contribution is 2.18. The highest BCUT2D eigenvalue weighted by molar-refractivity contribution is 5.40. The number of hydrogen-bond acceptors (Lipinski definition) is 3. The quantitative estimate of drug-likeness (QED) is 0.818. The van der Waals surface area contributed by atoms with Crippen molar-refractivity contribution in [1.82, 2.24) is 4.57 Å². The predicted molar refractivity (Wildman–Crippen MR) is 61.9 cm³/mol. The number of aromatic hydroxyl groups is 1. The van der Waals surface area contributed by atoms with E-state index < -0.39 is 0 Å². The Morgan fingerprint density at radius 3 is 1.76 bits per heavy atom. The van der Waals surface area contributed by atoms with E-state index in [-0.39, 0.29) is 6.15 Å². The zero-order valence-electron chi connectivity index (χ0n) is 9.68. The number of aryl methyl sites for hydroxylation is 2. The zero-order valence-corrected chi connectivity index (χ0v) is 9.68. The maximum atomic E-state index is 9.18. The van der Waals surface area contributed by atoms with E-state index in [4.69, 9.17) is 9.59 Å². The van der Waals surface area contributed by atoms with Crippen LogP contribution < -0.4 is 0 Å². The molecule has 0 saturated carbocycles. The molecule has 2 aromatic rings. The van der Waals surface area contributed by atoms with Crippen molar-refractivity contribution < 1.29 is 14.7 Å². The molecule has 0 atom stereocenters. The summed E-state index contributed by atoms with van der Waals surface area (Å²) in [6.45, 7) is 4.14. The topological polar surface area (TPSA) is 59.3 Å². The molecule has 1 aromatic heterocycles. The maximum absolute atomic E-state index is 9.18. The molecular weight excluding hydrogens is 218 g/mol. The van der Waals surface area contributed by atoms with Gasteiger partial charge in [-0.2, -0.15) is 9.59 Å². The second-order valence-electron chi connectivity index (χ2n) is 3.55. The summed E-state index contributed by atoms with van der Waals surface area (Å²) in [5.74, 6) is 0.302. The van der Waals surface area contributed by atoms with E-state index in [1.54, 1.807) is 12.1 Å². The van der Waals surface area contributed by atoms with Gasteiger partial charge in [0, 0.05) is 17.1 Å². The van der Waals surface area contributed by atoms with Crippen molar-refractivity contribution in [1.29, 1.82) is 0 Å². The van der Waals surface area contributed by atoms with Crippen LogP contribution in [0.25, 0.3) is 5.69 Å². The maximum Gasteiger partial charge on any atom is 0.373 e. The summed E-state index contributed by atoms with van der Waals surface area (Å²) in [6, 6.07) is 11.4. The Hall–Kier alpha value is -2.32. The van der Waals surface area contributed by atoms with E-state index in [1.165, 1.54) is 11.4 Å². The van der Waals surface area contributed by atoms with Gasteiger partial charge in [0.2, 0.25) is 0 Å². The molecule has 0 amide bonds. The zero-order chi connectivity index (χ0) is 12.8. The van der Waals surface area contributed by atoms with Crippen LogP contribution in [0.4, 0.5) is 0 Å². The molecule has 0 aliphatic rings. The van der Waals surface area contributed by atoms with Crippen molar-refractivity contribution in [3.05, 3.63) is 47.8 Å². The monoisotopic (exact) mass is 231 g/mol. The molecule has 0 saturated heterocycles. The normalized spacial score (nSPS) is 9.06. The van der Waals surface area contributed by atoms with Crippen LogP contribution in [0.3, 0.4) is 0 Å². The van der Waals surface area contributed by atoms with Crippen molar-refractivity contribution in [3.63, 3.8) is 0 Å². The molecule has 1 heterocycles. The number of hydrogen-bond donors (Lipinski definition) is 1. The molecule has 4 nitrogen and oxygen atoms in total. The first kappa shape index (κ1) is 12.7. The molecule has 1 aromatic carbocycles. The lowest BCUT2D eigenvalue weighted by atomic mass is 10.3. The van der Waals surface area contributed by atoms with Crippen LogP contribution in [0.5, 0.6) is 5.75 Å². The van der Waals surface area contributed by atoms with Crippen LogP contribution in [0.15, 0.2) is 36.4 Å². The largest absolute Gasteiger partial charge is 0.508 e. The number of rotatable bonds is 1. The fourth-order valence-electron chi connectivity index (χ4n) is 1.68. The second kappa shape index (κ2) is 5.68. The summed E-state index contributed by atoms with van der Waals surface area (Å²) in [4.78, 5) is 16.2. The molecule has 1 N–H and O–H groups in total. The van der Waals surface area contributed by atoms with E-state index in [0.29, 0.717) is 5.75 Å². The standard InChI is InChI=1S/C12H13NO.CO2/c1-9-3-4-10(2)13(9)11-5-7-12(14)8-6-11;2-1-3/h3-8,14H,1-2H3;. The second-order valence-corrected chi connectivity index (χ2v) is 3.55. The fraction of sp³-hybridized carbons (Fsp3) is 0.154. The number of aromatic nitrogens is 1. The highest BCUT2D eigenvalue weighted by atomic mass is 16.3. The van der Waals surface area contributed by atoms with Crippen LogP contribution in [0.1, 0.15) is 11.4 Å². The van der Waals surface area contributed by atoms with E-state index in [2.05, 4.69) is 30.5 Å². The number of benzene rings is 1. The average molecular weight is 231 g/mol. The number of nitrogens with zero attached hydrogens (tertiary/aromatic N) is 1.